The van der Waals surface area contributed by atoms with Crippen molar-refractivity contribution in [3.8, 4) is 0 Å². The molecule has 0 bridgehead atoms. The van der Waals surface area contributed by atoms with Crippen LogP contribution in [-0.2, 0) is 25.8 Å². The Labute approximate surface area is 251 Å². The Kier molecular flexibility index (Phi) is 13.2. The molecular formula is C40H55N. The van der Waals surface area contributed by atoms with E-state index in [4.69, 9.17) is 0 Å². The quantitative estimate of drug-likeness (QED) is 0.147. The molecule has 1 unspecified atom stereocenters. The lowest BCUT2D eigenvalue weighted by atomic mass is 9.81. The molecule has 41 heavy (non-hydrogen) atoms. The van der Waals surface area contributed by atoms with E-state index in [1.165, 1.54) is 87.3 Å². The highest BCUT2D eigenvalue weighted by molar-refractivity contribution is 5.77. The van der Waals surface area contributed by atoms with Gasteiger partial charge in [-0.05, 0) is 89.8 Å². The maximum atomic E-state index is 3.91. The van der Waals surface area contributed by atoms with Crippen molar-refractivity contribution < 1.29 is 0 Å². The van der Waals surface area contributed by atoms with Crippen LogP contribution in [0.2, 0.25) is 0 Å². The Morgan fingerprint density at radius 3 is 2.10 bits per heavy atom. The van der Waals surface area contributed by atoms with Gasteiger partial charge in [-0.2, -0.15) is 0 Å². The third-order valence-electron chi connectivity index (χ3n) is 9.04. The van der Waals surface area contributed by atoms with E-state index >= 15 is 0 Å². The summed E-state index contributed by atoms with van der Waals surface area (Å²) in [6, 6.07) is 27.3. The third-order valence-corrected chi connectivity index (χ3v) is 9.04. The molecular weight excluding hydrogens is 494 g/mol. The van der Waals surface area contributed by atoms with Gasteiger partial charge in [0.25, 0.3) is 0 Å². The van der Waals surface area contributed by atoms with E-state index in [0.29, 0.717) is 5.92 Å². The van der Waals surface area contributed by atoms with Gasteiger partial charge in [0.05, 0.1) is 0 Å². The minimum Gasteiger partial charge on any atom is -0.309 e. The van der Waals surface area contributed by atoms with E-state index in [0.717, 1.165) is 32.4 Å². The van der Waals surface area contributed by atoms with Crippen molar-refractivity contribution >= 4 is 5.57 Å². The monoisotopic (exact) mass is 549 g/mol. The molecule has 220 valence electrons. The molecule has 1 saturated carbocycles. The van der Waals surface area contributed by atoms with Gasteiger partial charge >= 0.3 is 0 Å². The lowest BCUT2D eigenvalue weighted by Crippen LogP contribution is -2.19. The van der Waals surface area contributed by atoms with Crippen molar-refractivity contribution in [1.29, 1.82) is 0 Å². The van der Waals surface area contributed by atoms with Gasteiger partial charge in [0.15, 0.2) is 0 Å². The summed E-state index contributed by atoms with van der Waals surface area (Å²) in [5, 5.41) is 3.91. The van der Waals surface area contributed by atoms with Crippen LogP contribution in [0.5, 0.6) is 0 Å². The fourth-order valence-corrected chi connectivity index (χ4v) is 6.59. The summed E-state index contributed by atoms with van der Waals surface area (Å²) in [5.41, 5.74) is 12.4. The van der Waals surface area contributed by atoms with E-state index < -0.39 is 0 Å². The third kappa shape index (κ3) is 9.71. The van der Waals surface area contributed by atoms with E-state index in [-0.39, 0.29) is 0 Å². The highest BCUT2D eigenvalue weighted by atomic mass is 14.9. The van der Waals surface area contributed by atoms with Crippen molar-refractivity contribution in [2.75, 3.05) is 6.54 Å². The Hall–Kier alpha value is -2.64. The standard InChI is InChI=1S/C40H55N/c1-4-7-8-9-10-14-22-34(18-5-2)38-25-17-24-36(27-26-32-19-12-11-13-20-32)40(38)39(35-28-29-35)31-41-30-37-23-16-15-21-33(37)6-3/h11-13,15-17,19-21,23-25,34,41H,4-10,14,18,22,26-31H2,1-3H3. The zero-order valence-corrected chi connectivity index (χ0v) is 26.3. The number of unbranched alkanes of at least 4 members (excludes halogenated alkanes) is 5. The molecule has 1 fully saturated rings. The summed E-state index contributed by atoms with van der Waals surface area (Å²) in [6.07, 6.45) is 18.0. The van der Waals surface area contributed by atoms with Crippen molar-refractivity contribution in [2.24, 2.45) is 0 Å². The molecule has 4 rings (SSSR count). The van der Waals surface area contributed by atoms with Crippen LogP contribution >= 0.6 is 0 Å². The number of rotatable bonds is 19. The largest absolute Gasteiger partial charge is 0.309 e. The second-order valence-electron chi connectivity index (χ2n) is 12.2. The summed E-state index contributed by atoms with van der Waals surface area (Å²) in [6.45, 7) is 8.87. The average molecular weight is 550 g/mol. The summed E-state index contributed by atoms with van der Waals surface area (Å²) >= 11 is 0. The van der Waals surface area contributed by atoms with Crippen molar-refractivity contribution in [3.05, 3.63) is 112 Å². The highest BCUT2D eigenvalue weighted by Gasteiger charge is 2.25. The minimum atomic E-state index is 0.660. The van der Waals surface area contributed by atoms with Crippen LogP contribution in [0.4, 0.5) is 0 Å². The summed E-state index contributed by atoms with van der Waals surface area (Å²) < 4.78 is 0. The number of allylic oxidation sites excluding steroid dienone is 1. The minimum absolute atomic E-state index is 0.660. The second kappa shape index (κ2) is 17.3. The van der Waals surface area contributed by atoms with Crippen LogP contribution in [0.3, 0.4) is 0 Å². The summed E-state index contributed by atoms with van der Waals surface area (Å²) in [7, 11) is 0. The van der Waals surface area contributed by atoms with Gasteiger partial charge < -0.3 is 5.32 Å². The molecule has 1 atom stereocenters. The molecule has 1 N–H and O–H groups in total. The fourth-order valence-electron chi connectivity index (χ4n) is 6.59. The Morgan fingerprint density at radius 1 is 0.659 bits per heavy atom. The van der Waals surface area contributed by atoms with Crippen LogP contribution in [-0.4, -0.2) is 6.54 Å². The Bertz CT molecular complexity index is 1200. The van der Waals surface area contributed by atoms with Gasteiger partial charge in [-0.1, -0.05) is 144 Å². The van der Waals surface area contributed by atoms with Crippen LogP contribution in [0.1, 0.15) is 131 Å². The summed E-state index contributed by atoms with van der Waals surface area (Å²) in [4.78, 5) is 0. The Morgan fingerprint density at radius 2 is 1.37 bits per heavy atom. The first-order valence-corrected chi connectivity index (χ1v) is 16.9. The average Bonchev–Trinajstić information content (AvgIpc) is 3.86. The second-order valence-corrected chi connectivity index (χ2v) is 12.2. The van der Waals surface area contributed by atoms with Crippen LogP contribution in [0.25, 0.3) is 5.57 Å². The Balaban J connectivity index is 1.59. The first kappa shape index (κ1) is 31.3. The molecule has 3 aromatic rings. The number of nitrogens with one attached hydrogen (secondary N) is 1. The topological polar surface area (TPSA) is 12.0 Å². The molecule has 0 aromatic heterocycles. The van der Waals surface area contributed by atoms with E-state index in [9.17, 15) is 0 Å². The molecule has 0 amide bonds. The molecule has 0 saturated heterocycles. The maximum absolute atomic E-state index is 3.91. The smallest absolute Gasteiger partial charge is 0.0214 e. The lowest BCUT2D eigenvalue weighted by Gasteiger charge is -2.25. The van der Waals surface area contributed by atoms with Gasteiger partial charge in [0.1, 0.15) is 0 Å². The molecule has 0 aliphatic heterocycles. The molecule has 0 spiro atoms. The first-order valence-electron chi connectivity index (χ1n) is 16.9. The number of hydrogen-bond donors (Lipinski definition) is 1. The van der Waals surface area contributed by atoms with Crippen molar-refractivity contribution in [2.45, 2.75) is 123 Å². The van der Waals surface area contributed by atoms with Gasteiger partial charge in [0.2, 0.25) is 0 Å². The number of aryl methyl sites for hydroxylation is 3. The van der Waals surface area contributed by atoms with Gasteiger partial charge in [0, 0.05) is 13.1 Å². The fraction of sp³-hybridized carbons (Fsp3) is 0.500. The molecule has 0 heterocycles. The maximum Gasteiger partial charge on any atom is 0.0214 e. The van der Waals surface area contributed by atoms with E-state index in [1.54, 1.807) is 27.8 Å². The molecule has 1 heteroatoms. The molecule has 1 aliphatic carbocycles. The van der Waals surface area contributed by atoms with Crippen LogP contribution in [0.15, 0.2) is 78.4 Å². The molecule has 0 radical (unpaired) electrons. The first-order chi connectivity index (χ1) is 20.2. The molecule has 1 aliphatic rings. The highest BCUT2D eigenvalue weighted by Crippen LogP contribution is 2.42. The molecule has 1 nitrogen and oxygen atoms in total. The number of benzene rings is 3. The SMILES string of the molecule is CCCCCCCCC(CCC)c1cccc(CCc2ccccc2)c1C(CNCc1ccccc1CC)=C1CC1. The van der Waals surface area contributed by atoms with Crippen LogP contribution in [0, 0.1) is 0 Å². The van der Waals surface area contributed by atoms with E-state index in [1.807, 2.05) is 0 Å². The zero-order chi connectivity index (χ0) is 28.7. The lowest BCUT2D eigenvalue weighted by molar-refractivity contribution is 0.511. The predicted octanol–water partition coefficient (Wildman–Crippen LogP) is 11.0. The van der Waals surface area contributed by atoms with Crippen LogP contribution < -0.4 is 5.32 Å². The zero-order valence-electron chi connectivity index (χ0n) is 26.3. The molecule has 3 aromatic carbocycles. The van der Waals surface area contributed by atoms with Crippen molar-refractivity contribution in [1.82, 2.24) is 5.32 Å². The van der Waals surface area contributed by atoms with Gasteiger partial charge in [-0.3, -0.25) is 0 Å². The van der Waals surface area contributed by atoms with Gasteiger partial charge in [-0.15, -0.1) is 0 Å². The normalized spacial score (nSPS) is 13.4. The predicted molar refractivity (Wildman–Crippen MR) is 180 cm³/mol. The van der Waals surface area contributed by atoms with E-state index in [2.05, 4.69) is 98.9 Å². The van der Waals surface area contributed by atoms with Crippen molar-refractivity contribution in [3.63, 3.8) is 0 Å². The van der Waals surface area contributed by atoms with Gasteiger partial charge in [-0.25, -0.2) is 0 Å². The summed E-state index contributed by atoms with van der Waals surface area (Å²) in [5.74, 6) is 0.660. The number of hydrogen-bond acceptors (Lipinski definition) is 1.